The van der Waals surface area contributed by atoms with Crippen LogP contribution in [0.1, 0.15) is 31.7 Å². The number of hydrogen-bond acceptors (Lipinski definition) is 3. The van der Waals surface area contributed by atoms with Gasteiger partial charge in [0.1, 0.15) is 11.4 Å². The summed E-state index contributed by atoms with van der Waals surface area (Å²) in [5, 5.41) is 0. The lowest BCUT2D eigenvalue weighted by atomic mass is 10.1. The maximum absolute atomic E-state index is 13.5. The van der Waals surface area contributed by atoms with Crippen molar-refractivity contribution in [2.45, 2.75) is 37.8 Å². The fourth-order valence-electron chi connectivity index (χ4n) is 1.97. The Morgan fingerprint density at radius 2 is 2.18 bits per heavy atom. The number of rotatable bonds is 3. The van der Waals surface area contributed by atoms with Crippen LogP contribution in [0.15, 0.2) is 24.3 Å². The molecule has 1 aliphatic rings. The first-order valence-electron chi connectivity index (χ1n) is 5.69. The first-order chi connectivity index (χ1) is 7.95. The van der Waals surface area contributed by atoms with Gasteiger partial charge in [0, 0.05) is 5.92 Å². The van der Waals surface area contributed by atoms with Gasteiger partial charge in [0.05, 0.1) is 6.10 Å². The van der Waals surface area contributed by atoms with Crippen LogP contribution in [0.5, 0.6) is 0 Å². The zero-order valence-electron chi connectivity index (χ0n) is 9.94. The summed E-state index contributed by atoms with van der Waals surface area (Å²) in [5.74, 6) is -1.03. The van der Waals surface area contributed by atoms with Gasteiger partial charge in [-0.25, -0.2) is 4.39 Å². The minimum Gasteiger partial charge on any atom is -0.462 e. The van der Waals surface area contributed by atoms with Gasteiger partial charge in [0.15, 0.2) is 0 Å². The van der Waals surface area contributed by atoms with Crippen LogP contribution in [0.4, 0.5) is 4.39 Å². The molecule has 0 spiro atoms. The summed E-state index contributed by atoms with van der Waals surface area (Å²) in [6.07, 6.45) is 0.240. The van der Waals surface area contributed by atoms with Crippen LogP contribution in [-0.4, -0.2) is 17.6 Å². The number of nitrogens with two attached hydrogens (primary N) is 1. The van der Waals surface area contributed by atoms with Crippen molar-refractivity contribution in [3.8, 4) is 0 Å². The highest BCUT2D eigenvalue weighted by Gasteiger charge is 2.60. The van der Waals surface area contributed by atoms with Crippen molar-refractivity contribution >= 4 is 5.97 Å². The number of benzene rings is 1. The molecule has 1 fully saturated rings. The molecule has 92 valence electrons. The lowest BCUT2D eigenvalue weighted by Crippen LogP contribution is -2.38. The Morgan fingerprint density at radius 1 is 1.53 bits per heavy atom. The number of carbonyl (C=O) groups excluding carboxylic acids is 1. The van der Waals surface area contributed by atoms with E-state index in [4.69, 9.17) is 10.5 Å². The van der Waals surface area contributed by atoms with Gasteiger partial charge in [0.25, 0.3) is 0 Å². The Bertz CT molecular complexity index is 447. The van der Waals surface area contributed by atoms with Gasteiger partial charge in [-0.1, -0.05) is 18.2 Å². The molecule has 0 aliphatic heterocycles. The van der Waals surface area contributed by atoms with Crippen molar-refractivity contribution in [1.29, 1.82) is 0 Å². The van der Waals surface area contributed by atoms with E-state index in [1.165, 1.54) is 6.07 Å². The van der Waals surface area contributed by atoms with E-state index in [-0.39, 0.29) is 17.8 Å². The zero-order valence-corrected chi connectivity index (χ0v) is 9.94. The third-order valence-electron chi connectivity index (χ3n) is 3.01. The van der Waals surface area contributed by atoms with Crippen molar-refractivity contribution in [1.82, 2.24) is 0 Å². The molecule has 2 unspecified atom stereocenters. The van der Waals surface area contributed by atoms with E-state index < -0.39 is 11.5 Å². The summed E-state index contributed by atoms with van der Waals surface area (Å²) < 4.78 is 18.6. The average molecular weight is 237 g/mol. The van der Waals surface area contributed by atoms with Crippen LogP contribution in [0, 0.1) is 5.82 Å². The van der Waals surface area contributed by atoms with Crippen molar-refractivity contribution < 1.29 is 13.9 Å². The van der Waals surface area contributed by atoms with Crippen LogP contribution in [0.25, 0.3) is 0 Å². The molecule has 0 amide bonds. The van der Waals surface area contributed by atoms with Gasteiger partial charge in [-0.3, -0.25) is 4.79 Å². The second-order valence-corrected chi connectivity index (χ2v) is 4.77. The van der Waals surface area contributed by atoms with Crippen LogP contribution in [-0.2, 0) is 9.53 Å². The van der Waals surface area contributed by atoms with E-state index in [0.717, 1.165) is 0 Å². The quantitative estimate of drug-likeness (QED) is 0.818. The standard InChI is InChI=1S/C13H16FNO2/c1-8(2)17-12(16)13(15)7-10(13)9-5-3-4-6-11(9)14/h3-6,8,10H,7,15H2,1-2H3. The third-order valence-corrected chi connectivity index (χ3v) is 3.01. The molecular formula is C13H16FNO2. The average Bonchev–Trinajstić information content (AvgIpc) is 2.92. The smallest absolute Gasteiger partial charge is 0.327 e. The van der Waals surface area contributed by atoms with Gasteiger partial charge in [0.2, 0.25) is 0 Å². The second kappa shape index (κ2) is 4.11. The summed E-state index contributed by atoms with van der Waals surface area (Å²) in [6, 6.07) is 6.40. The highest BCUT2D eigenvalue weighted by molar-refractivity contribution is 5.86. The van der Waals surface area contributed by atoms with Gasteiger partial charge in [-0.2, -0.15) is 0 Å². The van der Waals surface area contributed by atoms with Crippen LogP contribution in [0.2, 0.25) is 0 Å². The van der Waals surface area contributed by atoms with Gasteiger partial charge in [-0.15, -0.1) is 0 Å². The largest absolute Gasteiger partial charge is 0.462 e. The summed E-state index contributed by atoms with van der Waals surface area (Å²) in [6.45, 7) is 3.53. The van der Waals surface area contributed by atoms with Gasteiger partial charge >= 0.3 is 5.97 Å². The Hall–Kier alpha value is -1.42. The van der Waals surface area contributed by atoms with E-state index in [9.17, 15) is 9.18 Å². The molecule has 0 saturated heterocycles. The number of ether oxygens (including phenoxy) is 1. The van der Waals surface area contributed by atoms with E-state index in [1.54, 1.807) is 32.0 Å². The lowest BCUT2D eigenvalue weighted by Gasteiger charge is -2.14. The number of halogens is 1. The summed E-state index contributed by atoms with van der Waals surface area (Å²) in [5.41, 5.74) is 5.39. The minimum atomic E-state index is -1.05. The Balaban J connectivity index is 2.14. The summed E-state index contributed by atoms with van der Waals surface area (Å²) in [7, 11) is 0. The normalized spacial score (nSPS) is 27.0. The SMILES string of the molecule is CC(C)OC(=O)C1(N)CC1c1ccccc1F. The predicted octanol–water partition coefficient (Wildman–Crippen LogP) is 1.96. The van der Waals surface area contributed by atoms with E-state index in [0.29, 0.717) is 12.0 Å². The number of esters is 1. The van der Waals surface area contributed by atoms with Crippen molar-refractivity contribution in [2.75, 3.05) is 0 Å². The molecule has 0 aromatic heterocycles. The van der Waals surface area contributed by atoms with Crippen molar-refractivity contribution in [2.24, 2.45) is 5.73 Å². The molecule has 2 atom stereocenters. The fraction of sp³-hybridized carbons (Fsp3) is 0.462. The van der Waals surface area contributed by atoms with Crippen LogP contribution < -0.4 is 5.73 Å². The van der Waals surface area contributed by atoms with Crippen LogP contribution in [0.3, 0.4) is 0 Å². The molecule has 1 aromatic rings. The molecule has 2 rings (SSSR count). The first-order valence-corrected chi connectivity index (χ1v) is 5.69. The van der Waals surface area contributed by atoms with Gasteiger partial charge in [-0.05, 0) is 31.9 Å². The third kappa shape index (κ3) is 2.17. The molecular weight excluding hydrogens is 221 g/mol. The lowest BCUT2D eigenvalue weighted by molar-refractivity contribution is -0.150. The van der Waals surface area contributed by atoms with Gasteiger partial charge < -0.3 is 10.5 Å². The molecule has 1 aliphatic carbocycles. The molecule has 3 nitrogen and oxygen atoms in total. The molecule has 17 heavy (non-hydrogen) atoms. The monoisotopic (exact) mass is 237 g/mol. The maximum atomic E-state index is 13.5. The highest BCUT2D eigenvalue weighted by Crippen LogP contribution is 2.50. The first kappa shape index (κ1) is 12.0. The number of carbonyl (C=O) groups is 1. The fourth-order valence-corrected chi connectivity index (χ4v) is 1.97. The maximum Gasteiger partial charge on any atom is 0.327 e. The second-order valence-electron chi connectivity index (χ2n) is 4.77. The minimum absolute atomic E-state index is 0.204. The van der Waals surface area contributed by atoms with E-state index >= 15 is 0 Å². The van der Waals surface area contributed by atoms with Crippen molar-refractivity contribution in [3.05, 3.63) is 35.6 Å². The van der Waals surface area contributed by atoms with E-state index in [2.05, 4.69) is 0 Å². The predicted molar refractivity (Wildman–Crippen MR) is 61.9 cm³/mol. The zero-order chi connectivity index (χ0) is 12.6. The Labute approximate surface area is 99.8 Å². The molecule has 4 heteroatoms. The molecule has 2 N–H and O–H groups in total. The molecule has 0 radical (unpaired) electrons. The van der Waals surface area contributed by atoms with E-state index in [1.807, 2.05) is 0 Å². The topological polar surface area (TPSA) is 52.3 Å². The Kier molecular flexibility index (Phi) is 2.91. The molecule has 1 saturated carbocycles. The molecule has 0 bridgehead atoms. The highest BCUT2D eigenvalue weighted by atomic mass is 19.1. The van der Waals surface area contributed by atoms with Crippen LogP contribution >= 0.6 is 0 Å². The number of hydrogen-bond donors (Lipinski definition) is 1. The molecule has 1 aromatic carbocycles. The Morgan fingerprint density at radius 3 is 2.76 bits per heavy atom. The summed E-state index contributed by atoms with van der Waals surface area (Å²) >= 11 is 0. The molecule has 0 heterocycles. The van der Waals surface area contributed by atoms with Crippen molar-refractivity contribution in [3.63, 3.8) is 0 Å². The summed E-state index contributed by atoms with van der Waals surface area (Å²) in [4.78, 5) is 11.8.